The fraction of sp³-hybridized carbons (Fsp3) is 0.438. The first-order valence-electron chi connectivity index (χ1n) is 7.62. The highest BCUT2D eigenvalue weighted by molar-refractivity contribution is 5.97. The first-order valence-corrected chi connectivity index (χ1v) is 7.62. The van der Waals surface area contributed by atoms with Gasteiger partial charge >= 0.3 is 12.1 Å². The molecular weight excluding hydrogens is 339 g/mol. The minimum absolute atomic E-state index is 0.0555. The molecule has 2 N–H and O–H groups in total. The molecule has 136 valence electrons. The molecule has 0 aliphatic carbocycles. The third kappa shape index (κ3) is 3.92. The van der Waals surface area contributed by atoms with E-state index in [9.17, 15) is 22.8 Å². The van der Waals surface area contributed by atoms with Crippen LogP contribution in [-0.2, 0) is 11.0 Å². The Morgan fingerprint density at radius 2 is 1.92 bits per heavy atom. The second-order valence-electron chi connectivity index (χ2n) is 6.05. The number of aromatic nitrogens is 2. The minimum atomic E-state index is -4.61. The Labute approximate surface area is 141 Å². The second kappa shape index (κ2) is 6.73. The van der Waals surface area contributed by atoms with Crippen LogP contribution < -0.4 is 5.32 Å². The Bertz CT molecular complexity index is 812. The van der Waals surface area contributed by atoms with Gasteiger partial charge in [0.2, 0.25) is 5.82 Å². The molecule has 0 fully saturated rings. The largest absolute Gasteiger partial charge is 0.481 e. The molecule has 1 aromatic heterocycles. The lowest BCUT2D eigenvalue weighted by Gasteiger charge is -2.14. The van der Waals surface area contributed by atoms with Crippen molar-refractivity contribution in [1.29, 1.82) is 0 Å². The first kappa shape index (κ1) is 18.8. The molecule has 2 rings (SSSR count). The van der Waals surface area contributed by atoms with Crippen LogP contribution in [-0.4, -0.2) is 33.1 Å². The second-order valence-corrected chi connectivity index (χ2v) is 6.05. The Balaban J connectivity index is 2.37. The number of imidazole rings is 1. The molecule has 0 saturated heterocycles. The van der Waals surface area contributed by atoms with Crippen molar-refractivity contribution in [3.63, 3.8) is 0 Å². The number of nitrogens with one attached hydrogen (secondary N) is 1. The summed E-state index contributed by atoms with van der Waals surface area (Å²) in [6.07, 6.45) is -4.61. The van der Waals surface area contributed by atoms with E-state index in [1.165, 1.54) is 25.1 Å². The van der Waals surface area contributed by atoms with Crippen LogP contribution >= 0.6 is 0 Å². The van der Waals surface area contributed by atoms with E-state index in [1.807, 2.05) is 0 Å². The molecule has 2 aromatic rings. The van der Waals surface area contributed by atoms with E-state index in [4.69, 9.17) is 5.11 Å². The molecule has 0 bridgehead atoms. The summed E-state index contributed by atoms with van der Waals surface area (Å²) in [6, 6.07) is 3.61. The molecule has 0 saturated carbocycles. The standard InChI is InChI=1S/C16H18F3N3O3/c1-8(2)22-12-5-4-10(13(23)20-7-9(3)14(24)25)6-11(12)21-15(22)16(17,18)19/h4-6,8-9H,7H2,1-3H3,(H,20,23)(H,24,25). The van der Waals surface area contributed by atoms with Gasteiger partial charge in [-0.1, -0.05) is 6.92 Å². The number of hydrogen-bond donors (Lipinski definition) is 2. The van der Waals surface area contributed by atoms with Crippen LogP contribution in [0.5, 0.6) is 0 Å². The van der Waals surface area contributed by atoms with Crippen molar-refractivity contribution in [2.75, 3.05) is 6.54 Å². The van der Waals surface area contributed by atoms with Crippen LogP contribution in [0.4, 0.5) is 13.2 Å². The van der Waals surface area contributed by atoms with Gasteiger partial charge in [-0.05, 0) is 32.0 Å². The number of alkyl halides is 3. The molecule has 1 unspecified atom stereocenters. The number of carboxylic acid groups (broad SMARTS) is 1. The first-order chi connectivity index (χ1) is 11.5. The molecule has 9 heteroatoms. The average molecular weight is 357 g/mol. The number of fused-ring (bicyclic) bond motifs is 1. The van der Waals surface area contributed by atoms with Crippen LogP contribution in [0.15, 0.2) is 18.2 Å². The lowest BCUT2D eigenvalue weighted by atomic mass is 10.1. The molecule has 1 heterocycles. The quantitative estimate of drug-likeness (QED) is 0.861. The predicted molar refractivity (Wildman–Crippen MR) is 84.3 cm³/mol. The smallest absolute Gasteiger partial charge is 0.449 e. The summed E-state index contributed by atoms with van der Waals surface area (Å²) >= 11 is 0. The van der Waals surface area contributed by atoms with Crippen molar-refractivity contribution in [2.45, 2.75) is 33.0 Å². The van der Waals surface area contributed by atoms with Gasteiger partial charge in [-0.3, -0.25) is 9.59 Å². The number of nitrogens with zero attached hydrogens (tertiary/aromatic N) is 2. The molecule has 25 heavy (non-hydrogen) atoms. The molecule has 0 aliphatic rings. The highest BCUT2D eigenvalue weighted by atomic mass is 19.4. The van der Waals surface area contributed by atoms with E-state index in [-0.39, 0.29) is 23.1 Å². The number of carbonyl (C=O) groups is 2. The number of carbonyl (C=O) groups excluding carboxylic acids is 1. The zero-order valence-corrected chi connectivity index (χ0v) is 13.9. The van der Waals surface area contributed by atoms with Crippen molar-refractivity contribution in [3.05, 3.63) is 29.6 Å². The Hall–Kier alpha value is -2.58. The van der Waals surface area contributed by atoms with Gasteiger partial charge in [-0.2, -0.15) is 13.2 Å². The molecular formula is C16H18F3N3O3. The highest BCUT2D eigenvalue weighted by Gasteiger charge is 2.38. The fourth-order valence-electron chi connectivity index (χ4n) is 2.40. The van der Waals surface area contributed by atoms with E-state index in [2.05, 4.69) is 10.3 Å². The van der Waals surface area contributed by atoms with Gasteiger partial charge in [-0.15, -0.1) is 0 Å². The minimum Gasteiger partial charge on any atom is -0.481 e. The third-order valence-electron chi connectivity index (χ3n) is 3.71. The topological polar surface area (TPSA) is 84.2 Å². The van der Waals surface area contributed by atoms with Gasteiger partial charge in [0.15, 0.2) is 0 Å². The van der Waals surface area contributed by atoms with E-state index in [0.29, 0.717) is 0 Å². The fourth-order valence-corrected chi connectivity index (χ4v) is 2.40. The summed E-state index contributed by atoms with van der Waals surface area (Å²) in [6.45, 7) is 4.58. The number of carboxylic acids is 1. The van der Waals surface area contributed by atoms with Crippen LogP contribution in [0.1, 0.15) is 43.0 Å². The maximum Gasteiger partial charge on any atom is 0.449 e. The van der Waals surface area contributed by atoms with Crippen molar-refractivity contribution in [1.82, 2.24) is 14.9 Å². The lowest BCUT2D eigenvalue weighted by molar-refractivity contribution is -0.147. The number of hydrogen-bond acceptors (Lipinski definition) is 3. The maximum absolute atomic E-state index is 13.2. The van der Waals surface area contributed by atoms with Gasteiger partial charge in [0.05, 0.1) is 17.0 Å². The summed E-state index contributed by atoms with van der Waals surface area (Å²) in [5, 5.41) is 11.2. The molecule has 6 nitrogen and oxygen atoms in total. The number of amides is 1. The van der Waals surface area contributed by atoms with E-state index in [0.717, 1.165) is 4.57 Å². The van der Waals surface area contributed by atoms with E-state index in [1.54, 1.807) is 13.8 Å². The van der Waals surface area contributed by atoms with E-state index >= 15 is 0 Å². The molecule has 1 aromatic carbocycles. The van der Waals surface area contributed by atoms with Crippen LogP contribution in [0.2, 0.25) is 0 Å². The monoisotopic (exact) mass is 357 g/mol. The van der Waals surface area contributed by atoms with Gasteiger partial charge in [-0.25, -0.2) is 4.98 Å². The molecule has 0 aliphatic heterocycles. The van der Waals surface area contributed by atoms with Gasteiger partial charge in [0.1, 0.15) is 0 Å². The molecule has 1 amide bonds. The summed E-state index contributed by atoms with van der Waals surface area (Å²) in [5.41, 5.74) is 0.449. The molecule has 0 spiro atoms. The van der Waals surface area contributed by atoms with Crippen molar-refractivity contribution in [2.24, 2.45) is 5.92 Å². The van der Waals surface area contributed by atoms with Crippen molar-refractivity contribution in [3.8, 4) is 0 Å². The summed E-state index contributed by atoms with van der Waals surface area (Å²) < 4.78 is 40.6. The summed E-state index contributed by atoms with van der Waals surface area (Å²) in [4.78, 5) is 26.5. The molecule has 0 radical (unpaired) electrons. The maximum atomic E-state index is 13.2. The summed E-state index contributed by atoms with van der Waals surface area (Å²) in [5.74, 6) is -3.41. The van der Waals surface area contributed by atoms with Crippen LogP contribution in [0, 0.1) is 5.92 Å². The lowest BCUT2D eigenvalue weighted by Crippen LogP contribution is -2.31. The summed E-state index contributed by atoms with van der Waals surface area (Å²) in [7, 11) is 0. The zero-order valence-electron chi connectivity index (χ0n) is 13.9. The van der Waals surface area contributed by atoms with Gasteiger partial charge in [0.25, 0.3) is 5.91 Å². The Kier molecular flexibility index (Phi) is 5.05. The van der Waals surface area contributed by atoms with Gasteiger partial charge in [0, 0.05) is 18.2 Å². The number of halogens is 3. The van der Waals surface area contributed by atoms with Crippen molar-refractivity contribution >= 4 is 22.9 Å². The van der Waals surface area contributed by atoms with Crippen LogP contribution in [0.25, 0.3) is 11.0 Å². The number of benzene rings is 1. The Morgan fingerprint density at radius 3 is 2.44 bits per heavy atom. The zero-order chi connectivity index (χ0) is 18.9. The average Bonchev–Trinajstić information content (AvgIpc) is 2.90. The SMILES string of the molecule is CC(CNC(=O)c1ccc2c(c1)nc(C(F)(F)F)n2C(C)C)C(=O)O. The highest BCUT2D eigenvalue weighted by Crippen LogP contribution is 2.33. The third-order valence-corrected chi connectivity index (χ3v) is 3.71. The van der Waals surface area contributed by atoms with Gasteiger partial charge < -0.3 is 15.0 Å². The predicted octanol–water partition coefficient (Wildman–Crippen LogP) is 3.09. The Morgan fingerprint density at radius 1 is 1.28 bits per heavy atom. The normalized spacial score (nSPS) is 13.2. The number of aliphatic carboxylic acids is 1. The molecule has 1 atom stereocenters. The van der Waals surface area contributed by atoms with E-state index < -0.39 is 35.8 Å². The number of rotatable bonds is 5. The van der Waals surface area contributed by atoms with Crippen molar-refractivity contribution < 1.29 is 27.9 Å². The van der Waals surface area contributed by atoms with Crippen LogP contribution in [0.3, 0.4) is 0 Å².